The van der Waals surface area contributed by atoms with Crippen LogP contribution in [0, 0.1) is 5.92 Å². The molecule has 2 aromatic rings. The van der Waals surface area contributed by atoms with Crippen molar-refractivity contribution in [3.8, 4) is 0 Å². The fourth-order valence-corrected chi connectivity index (χ4v) is 3.44. The fraction of sp³-hybridized carbons (Fsp3) is 0.261. The van der Waals surface area contributed by atoms with Crippen LogP contribution in [0.1, 0.15) is 32.8 Å². The maximum atomic E-state index is 13.5. The highest BCUT2D eigenvalue weighted by molar-refractivity contribution is 6.34. The van der Waals surface area contributed by atoms with Crippen molar-refractivity contribution in [1.29, 1.82) is 0 Å². The second kappa shape index (κ2) is 8.65. The third-order valence-corrected chi connectivity index (χ3v) is 4.71. The summed E-state index contributed by atoms with van der Waals surface area (Å²) in [4.78, 5) is 33.6. The Hall–Kier alpha value is -3.21. The summed E-state index contributed by atoms with van der Waals surface area (Å²) in [6.07, 6.45) is 0.512. The van der Waals surface area contributed by atoms with Crippen molar-refractivity contribution < 1.29 is 14.4 Å². The van der Waals surface area contributed by atoms with Gasteiger partial charge in [-0.05, 0) is 38.0 Å². The van der Waals surface area contributed by atoms with E-state index < -0.39 is 5.92 Å². The highest BCUT2D eigenvalue weighted by Gasteiger charge is 2.43. The number of ketones is 1. The van der Waals surface area contributed by atoms with Crippen molar-refractivity contribution in [2.24, 2.45) is 11.1 Å². The SMILES string of the molecule is CCO/N=C(\C)C1C(=O)C(CC)=C(c2ccccc2)N(c2ccccc2)C1=O. The minimum Gasteiger partial charge on any atom is -0.396 e. The first-order valence-electron chi connectivity index (χ1n) is 9.48. The number of carbonyl (C=O) groups is 2. The lowest BCUT2D eigenvalue weighted by Crippen LogP contribution is -2.47. The predicted molar refractivity (Wildman–Crippen MR) is 111 cm³/mol. The molecular weight excluding hydrogens is 352 g/mol. The van der Waals surface area contributed by atoms with Gasteiger partial charge in [0.05, 0.1) is 11.4 Å². The molecule has 1 heterocycles. The summed E-state index contributed by atoms with van der Waals surface area (Å²) >= 11 is 0. The number of para-hydroxylation sites is 1. The van der Waals surface area contributed by atoms with Gasteiger partial charge in [-0.1, -0.05) is 60.6 Å². The number of amides is 1. The maximum absolute atomic E-state index is 13.5. The molecule has 2 aromatic carbocycles. The number of benzene rings is 2. The number of rotatable bonds is 6. The number of allylic oxidation sites excluding steroid dienone is 1. The molecule has 1 aliphatic rings. The average molecular weight is 376 g/mol. The molecule has 0 bridgehead atoms. The van der Waals surface area contributed by atoms with Gasteiger partial charge in [-0.3, -0.25) is 14.5 Å². The molecule has 0 spiro atoms. The minimum atomic E-state index is -0.978. The van der Waals surface area contributed by atoms with Crippen molar-refractivity contribution >= 4 is 28.8 Å². The van der Waals surface area contributed by atoms with E-state index in [1.54, 1.807) is 11.8 Å². The molecule has 1 aliphatic heterocycles. The predicted octanol–water partition coefficient (Wildman–Crippen LogP) is 4.45. The summed E-state index contributed by atoms with van der Waals surface area (Å²) in [5.74, 6) is -1.50. The van der Waals surface area contributed by atoms with E-state index in [2.05, 4.69) is 5.16 Å². The van der Waals surface area contributed by atoms with Crippen molar-refractivity contribution in [2.75, 3.05) is 11.5 Å². The molecule has 28 heavy (non-hydrogen) atoms. The number of carbonyl (C=O) groups excluding carboxylic acids is 2. The van der Waals surface area contributed by atoms with Crippen LogP contribution in [0.2, 0.25) is 0 Å². The summed E-state index contributed by atoms with van der Waals surface area (Å²) in [5.41, 5.74) is 3.19. The van der Waals surface area contributed by atoms with Crippen LogP contribution in [0.15, 0.2) is 71.4 Å². The van der Waals surface area contributed by atoms with Crippen LogP contribution >= 0.6 is 0 Å². The Morgan fingerprint density at radius 1 is 1.00 bits per heavy atom. The first kappa shape index (κ1) is 19.5. The lowest BCUT2D eigenvalue weighted by atomic mass is 9.84. The lowest BCUT2D eigenvalue weighted by Gasteiger charge is -2.35. The van der Waals surface area contributed by atoms with Crippen LogP contribution in [0.3, 0.4) is 0 Å². The smallest absolute Gasteiger partial charge is 0.248 e. The number of oxime groups is 1. The largest absolute Gasteiger partial charge is 0.396 e. The van der Waals surface area contributed by atoms with Crippen molar-refractivity contribution in [3.63, 3.8) is 0 Å². The van der Waals surface area contributed by atoms with Gasteiger partial charge in [-0.15, -0.1) is 0 Å². The minimum absolute atomic E-state index is 0.209. The zero-order valence-electron chi connectivity index (χ0n) is 16.4. The molecule has 5 nitrogen and oxygen atoms in total. The molecule has 0 radical (unpaired) electrons. The first-order chi connectivity index (χ1) is 13.6. The summed E-state index contributed by atoms with van der Waals surface area (Å²) in [6.45, 7) is 5.78. The topological polar surface area (TPSA) is 59.0 Å². The molecule has 0 aliphatic carbocycles. The Morgan fingerprint density at radius 2 is 1.61 bits per heavy atom. The molecule has 3 rings (SSSR count). The van der Waals surface area contributed by atoms with E-state index in [9.17, 15) is 9.59 Å². The lowest BCUT2D eigenvalue weighted by molar-refractivity contribution is -0.128. The highest BCUT2D eigenvalue weighted by atomic mass is 16.6. The number of Topliss-reactive ketones (excluding diaryl/α,β-unsaturated/α-hetero) is 1. The normalized spacial score (nSPS) is 17.9. The zero-order valence-corrected chi connectivity index (χ0v) is 16.4. The van der Waals surface area contributed by atoms with Crippen molar-refractivity contribution in [1.82, 2.24) is 0 Å². The first-order valence-corrected chi connectivity index (χ1v) is 9.48. The van der Waals surface area contributed by atoms with Crippen LogP contribution in [0.4, 0.5) is 5.69 Å². The molecule has 0 fully saturated rings. The third kappa shape index (κ3) is 3.60. The second-order valence-corrected chi connectivity index (χ2v) is 6.50. The molecule has 1 amide bonds. The Kier molecular flexibility index (Phi) is 6.04. The number of nitrogens with zero attached hydrogens (tertiary/aromatic N) is 2. The molecule has 0 aromatic heterocycles. The maximum Gasteiger partial charge on any atom is 0.248 e. The third-order valence-electron chi connectivity index (χ3n) is 4.71. The van der Waals surface area contributed by atoms with Gasteiger partial charge in [0.2, 0.25) is 5.91 Å². The van der Waals surface area contributed by atoms with Gasteiger partial charge in [-0.25, -0.2) is 0 Å². The Bertz CT molecular complexity index is 917. The summed E-state index contributed by atoms with van der Waals surface area (Å²) < 4.78 is 0. The molecule has 0 saturated carbocycles. The Labute approximate surface area is 165 Å². The number of anilines is 1. The van der Waals surface area contributed by atoms with Gasteiger partial charge in [0.25, 0.3) is 0 Å². The van der Waals surface area contributed by atoms with Gasteiger partial charge in [0, 0.05) is 11.3 Å². The van der Waals surface area contributed by atoms with E-state index in [0.717, 1.165) is 11.3 Å². The standard InChI is InChI=1S/C23H24N2O3/c1-4-19-21(17-12-8-6-9-13-17)25(18-14-10-7-11-15-18)23(27)20(22(19)26)16(3)24-28-5-2/h6-15,20H,4-5H2,1-3H3/b24-16+. The molecule has 5 heteroatoms. The fourth-order valence-electron chi connectivity index (χ4n) is 3.44. The molecule has 0 saturated heterocycles. The Morgan fingerprint density at radius 3 is 2.18 bits per heavy atom. The van der Waals surface area contributed by atoms with Crippen LogP contribution in [0.25, 0.3) is 5.70 Å². The van der Waals surface area contributed by atoms with Crippen molar-refractivity contribution in [3.05, 3.63) is 71.8 Å². The van der Waals surface area contributed by atoms with Gasteiger partial charge in [-0.2, -0.15) is 0 Å². The van der Waals surface area contributed by atoms with Crippen LogP contribution < -0.4 is 4.90 Å². The molecule has 144 valence electrons. The van der Waals surface area contributed by atoms with Crippen LogP contribution in [-0.4, -0.2) is 24.0 Å². The summed E-state index contributed by atoms with van der Waals surface area (Å²) in [5, 5.41) is 3.99. The molecule has 1 atom stereocenters. The van der Waals surface area contributed by atoms with Crippen molar-refractivity contribution in [2.45, 2.75) is 27.2 Å². The van der Waals surface area contributed by atoms with E-state index in [0.29, 0.717) is 30.0 Å². The van der Waals surface area contributed by atoms with E-state index in [-0.39, 0.29) is 11.7 Å². The van der Waals surface area contributed by atoms with Gasteiger partial charge in [0.15, 0.2) is 5.78 Å². The molecule has 0 N–H and O–H groups in total. The average Bonchev–Trinajstić information content (AvgIpc) is 2.73. The van der Waals surface area contributed by atoms with E-state index >= 15 is 0 Å². The van der Waals surface area contributed by atoms with E-state index in [1.807, 2.05) is 74.5 Å². The number of hydrogen-bond donors (Lipinski definition) is 0. The quantitative estimate of drug-likeness (QED) is 0.425. The van der Waals surface area contributed by atoms with Gasteiger partial charge < -0.3 is 4.84 Å². The highest BCUT2D eigenvalue weighted by Crippen LogP contribution is 2.37. The van der Waals surface area contributed by atoms with E-state index in [1.165, 1.54) is 0 Å². The van der Waals surface area contributed by atoms with Gasteiger partial charge in [0.1, 0.15) is 12.5 Å². The monoisotopic (exact) mass is 376 g/mol. The van der Waals surface area contributed by atoms with Crippen LogP contribution in [-0.2, 0) is 14.4 Å². The second-order valence-electron chi connectivity index (χ2n) is 6.50. The molecular formula is C23H24N2O3. The van der Waals surface area contributed by atoms with E-state index in [4.69, 9.17) is 4.84 Å². The zero-order chi connectivity index (χ0) is 20.1. The summed E-state index contributed by atoms with van der Waals surface area (Å²) in [7, 11) is 0. The number of hydrogen-bond acceptors (Lipinski definition) is 4. The van der Waals surface area contributed by atoms with Gasteiger partial charge >= 0.3 is 0 Å². The summed E-state index contributed by atoms with van der Waals surface area (Å²) in [6, 6.07) is 19.0. The Balaban J connectivity index is 2.24. The molecule has 1 unspecified atom stereocenters. The van der Waals surface area contributed by atoms with Crippen LogP contribution in [0.5, 0.6) is 0 Å².